The third kappa shape index (κ3) is 3.98. The van der Waals surface area contributed by atoms with Crippen LogP contribution in [0.1, 0.15) is 30.6 Å². The summed E-state index contributed by atoms with van der Waals surface area (Å²) in [4.78, 5) is 23.2. The maximum absolute atomic E-state index is 13.7. The van der Waals surface area contributed by atoms with Crippen LogP contribution >= 0.6 is 0 Å². The zero-order chi connectivity index (χ0) is 16.2. The second-order valence-electron chi connectivity index (χ2n) is 4.70. The van der Waals surface area contributed by atoms with Crippen LogP contribution in [0.4, 0.5) is 14.5 Å². The monoisotopic (exact) mass is 300 g/mol. The molecular formula is C14H18F2N2O3. The van der Waals surface area contributed by atoms with Gasteiger partial charge >= 0.3 is 5.97 Å². The topological polar surface area (TPSA) is 81.4 Å². The number of carbonyl (C=O) groups excluding carboxylic acids is 2. The largest absolute Gasteiger partial charge is 0.465 e. The molecule has 2 unspecified atom stereocenters. The number of carbonyl (C=O) groups is 2. The van der Waals surface area contributed by atoms with E-state index in [9.17, 15) is 18.4 Å². The van der Waals surface area contributed by atoms with Crippen molar-refractivity contribution in [2.24, 2.45) is 11.7 Å². The van der Waals surface area contributed by atoms with Crippen LogP contribution in [0.15, 0.2) is 12.1 Å². The molecule has 0 spiro atoms. The average molecular weight is 300 g/mol. The van der Waals surface area contributed by atoms with Crippen molar-refractivity contribution in [2.75, 3.05) is 12.4 Å². The van der Waals surface area contributed by atoms with Gasteiger partial charge in [0.1, 0.15) is 11.6 Å². The summed E-state index contributed by atoms with van der Waals surface area (Å²) in [7, 11) is 1.07. The predicted molar refractivity (Wildman–Crippen MR) is 73.8 cm³/mol. The minimum Gasteiger partial charge on any atom is -0.465 e. The Hall–Kier alpha value is -2.02. The van der Waals surface area contributed by atoms with E-state index in [2.05, 4.69) is 10.1 Å². The molecule has 1 aromatic rings. The molecule has 0 bridgehead atoms. The third-order valence-electron chi connectivity index (χ3n) is 3.28. The Balaban J connectivity index is 3.03. The predicted octanol–water partition coefficient (Wildman–Crippen LogP) is 2.06. The maximum atomic E-state index is 13.7. The van der Waals surface area contributed by atoms with Crippen LogP contribution in [0.3, 0.4) is 0 Å². The number of hydrogen-bond acceptors (Lipinski definition) is 4. The number of anilines is 1. The Bertz CT molecular complexity index is 549. The number of methoxy groups -OCH3 is 1. The molecule has 5 nitrogen and oxygen atoms in total. The van der Waals surface area contributed by atoms with Crippen molar-refractivity contribution >= 4 is 17.6 Å². The summed E-state index contributed by atoms with van der Waals surface area (Å²) in [6, 6.07) is 0.565. The highest BCUT2D eigenvalue weighted by Gasteiger charge is 2.22. The van der Waals surface area contributed by atoms with Gasteiger partial charge in [-0.05, 0) is 12.0 Å². The second-order valence-corrected chi connectivity index (χ2v) is 4.70. The average Bonchev–Trinajstić information content (AvgIpc) is 2.47. The number of esters is 1. The molecule has 0 fully saturated rings. The van der Waals surface area contributed by atoms with E-state index in [1.165, 1.54) is 0 Å². The van der Waals surface area contributed by atoms with Gasteiger partial charge in [-0.1, -0.05) is 20.3 Å². The fourth-order valence-corrected chi connectivity index (χ4v) is 1.64. The van der Waals surface area contributed by atoms with Gasteiger partial charge in [0.15, 0.2) is 0 Å². The molecule has 0 radical (unpaired) electrons. The lowest BCUT2D eigenvalue weighted by molar-refractivity contribution is -0.118. The summed E-state index contributed by atoms with van der Waals surface area (Å²) in [6.07, 6.45) is 0.675. The number of ether oxygens (including phenoxy) is 1. The maximum Gasteiger partial charge on any atom is 0.340 e. The molecule has 1 rings (SSSR count). The van der Waals surface area contributed by atoms with Gasteiger partial charge < -0.3 is 15.8 Å². The summed E-state index contributed by atoms with van der Waals surface area (Å²) in [5.74, 6) is -3.73. The van der Waals surface area contributed by atoms with E-state index in [1.807, 2.05) is 6.92 Å². The smallest absolute Gasteiger partial charge is 0.340 e. The molecule has 2 atom stereocenters. The molecule has 0 aliphatic carbocycles. The van der Waals surface area contributed by atoms with Crippen LogP contribution in [0.5, 0.6) is 0 Å². The van der Waals surface area contributed by atoms with Crippen molar-refractivity contribution in [2.45, 2.75) is 26.3 Å². The number of amides is 1. The SMILES string of the molecule is CCC(C)C(N)C(=O)Nc1cc(C(=O)OC)c(F)cc1F. The molecule has 1 amide bonds. The molecule has 21 heavy (non-hydrogen) atoms. The lowest BCUT2D eigenvalue weighted by Gasteiger charge is -2.18. The molecular weight excluding hydrogens is 282 g/mol. The van der Waals surface area contributed by atoms with E-state index in [0.717, 1.165) is 13.2 Å². The van der Waals surface area contributed by atoms with Crippen molar-refractivity contribution in [3.05, 3.63) is 29.3 Å². The first-order valence-corrected chi connectivity index (χ1v) is 6.45. The van der Waals surface area contributed by atoms with Crippen LogP contribution in [0.25, 0.3) is 0 Å². The van der Waals surface area contributed by atoms with Crippen molar-refractivity contribution in [1.82, 2.24) is 0 Å². The minimum atomic E-state index is -1.07. The van der Waals surface area contributed by atoms with Crippen LogP contribution in [-0.4, -0.2) is 25.0 Å². The Morgan fingerprint density at radius 3 is 2.48 bits per heavy atom. The standard InChI is InChI=1S/C14H18F2N2O3/c1-4-7(2)12(17)13(19)18-11-5-8(14(20)21-3)9(15)6-10(11)16/h5-7,12H,4,17H2,1-3H3,(H,18,19). The zero-order valence-corrected chi connectivity index (χ0v) is 12.1. The molecule has 0 aliphatic rings. The summed E-state index contributed by atoms with van der Waals surface area (Å²) in [5, 5.41) is 2.26. The number of benzene rings is 1. The highest BCUT2D eigenvalue weighted by atomic mass is 19.1. The lowest BCUT2D eigenvalue weighted by atomic mass is 9.99. The summed E-state index contributed by atoms with van der Waals surface area (Å²) in [5.41, 5.74) is 4.94. The number of nitrogens with two attached hydrogens (primary N) is 1. The highest BCUT2D eigenvalue weighted by Crippen LogP contribution is 2.21. The van der Waals surface area contributed by atoms with Gasteiger partial charge in [0, 0.05) is 6.07 Å². The summed E-state index contributed by atoms with van der Waals surface area (Å²) in [6.45, 7) is 3.65. The minimum absolute atomic E-state index is 0.103. The Kier molecular flexibility index (Phi) is 5.78. The van der Waals surface area contributed by atoms with Gasteiger partial charge in [0.2, 0.25) is 5.91 Å². The van der Waals surface area contributed by atoms with Crippen molar-refractivity contribution in [3.8, 4) is 0 Å². The van der Waals surface area contributed by atoms with E-state index < -0.39 is 35.1 Å². The van der Waals surface area contributed by atoms with Crippen LogP contribution in [0.2, 0.25) is 0 Å². The Morgan fingerprint density at radius 2 is 1.95 bits per heavy atom. The molecule has 0 aromatic heterocycles. The van der Waals surface area contributed by atoms with E-state index in [1.54, 1.807) is 6.92 Å². The molecule has 116 valence electrons. The van der Waals surface area contributed by atoms with Gasteiger partial charge in [0.25, 0.3) is 0 Å². The van der Waals surface area contributed by atoms with Gasteiger partial charge in [-0.15, -0.1) is 0 Å². The fourth-order valence-electron chi connectivity index (χ4n) is 1.64. The van der Waals surface area contributed by atoms with Gasteiger partial charge in [-0.2, -0.15) is 0 Å². The molecule has 0 saturated carbocycles. The van der Waals surface area contributed by atoms with E-state index in [-0.39, 0.29) is 11.6 Å². The molecule has 0 aliphatic heterocycles. The highest BCUT2D eigenvalue weighted by molar-refractivity contribution is 5.97. The zero-order valence-electron chi connectivity index (χ0n) is 12.1. The first-order chi connectivity index (χ1) is 9.81. The normalized spacial score (nSPS) is 13.4. The summed E-state index contributed by atoms with van der Waals surface area (Å²) < 4.78 is 31.5. The number of hydrogen-bond donors (Lipinski definition) is 2. The van der Waals surface area contributed by atoms with Crippen LogP contribution < -0.4 is 11.1 Å². The summed E-state index contributed by atoms with van der Waals surface area (Å²) >= 11 is 0. The van der Waals surface area contributed by atoms with Crippen molar-refractivity contribution in [3.63, 3.8) is 0 Å². The molecule has 0 heterocycles. The lowest BCUT2D eigenvalue weighted by Crippen LogP contribution is -2.40. The number of rotatable bonds is 5. The van der Waals surface area contributed by atoms with E-state index in [0.29, 0.717) is 12.5 Å². The van der Waals surface area contributed by atoms with Crippen molar-refractivity contribution < 1.29 is 23.1 Å². The van der Waals surface area contributed by atoms with Gasteiger partial charge in [0.05, 0.1) is 24.4 Å². The first kappa shape index (κ1) is 17.0. The Labute approximate surface area is 121 Å². The molecule has 0 saturated heterocycles. The van der Waals surface area contributed by atoms with Gasteiger partial charge in [-0.25, -0.2) is 13.6 Å². The molecule has 1 aromatic carbocycles. The van der Waals surface area contributed by atoms with Crippen LogP contribution in [0, 0.1) is 17.6 Å². The quantitative estimate of drug-likeness (QED) is 0.816. The van der Waals surface area contributed by atoms with E-state index in [4.69, 9.17) is 5.73 Å². The van der Waals surface area contributed by atoms with E-state index >= 15 is 0 Å². The third-order valence-corrected chi connectivity index (χ3v) is 3.28. The van der Waals surface area contributed by atoms with Crippen LogP contribution in [-0.2, 0) is 9.53 Å². The second kappa shape index (κ2) is 7.12. The fraction of sp³-hybridized carbons (Fsp3) is 0.429. The molecule has 7 heteroatoms. The number of nitrogens with one attached hydrogen (secondary N) is 1. The first-order valence-electron chi connectivity index (χ1n) is 6.45. The number of halogens is 2. The van der Waals surface area contributed by atoms with Crippen molar-refractivity contribution in [1.29, 1.82) is 0 Å². The Morgan fingerprint density at radius 1 is 1.33 bits per heavy atom. The molecule has 3 N–H and O–H groups in total. The van der Waals surface area contributed by atoms with Gasteiger partial charge in [-0.3, -0.25) is 4.79 Å².